The molecule has 3 heteroatoms. The zero-order valence-corrected chi connectivity index (χ0v) is 30.2. The minimum Gasteiger partial charge on any atom is -0.456 e. The van der Waals surface area contributed by atoms with E-state index < -0.39 is 0 Å². The van der Waals surface area contributed by atoms with E-state index in [2.05, 4.69) is 187 Å². The van der Waals surface area contributed by atoms with Crippen LogP contribution in [0.25, 0.3) is 83.2 Å². The molecule has 3 aromatic heterocycles. The van der Waals surface area contributed by atoms with Crippen molar-refractivity contribution < 1.29 is 4.42 Å². The van der Waals surface area contributed by atoms with Gasteiger partial charge in [0.1, 0.15) is 11.2 Å². The summed E-state index contributed by atoms with van der Waals surface area (Å²) in [6.07, 6.45) is 5.70. The number of para-hydroxylation sites is 4. The van der Waals surface area contributed by atoms with Crippen molar-refractivity contribution in [3.05, 3.63) is 186 Å². The molecule has 3 nitrogen and oxygen atoms in total. The zero-order valence-electron chi connectivity index (χ0n) is 30.2. The molecule has 2 aliphatic carbocycles. The Labute approximate surface area is 313 Å². The third kappa shape index (κ3) is 4.01. The molecule has 0 fully saturated rings. The van der Waals surface area contributed by atoms with E-state index in [0.717, 1.165) is 17.6 Å². The number of rotatable bonds is 3. The van der Waals surface area contributed by atoms with Crippen LogP contribution in [0.2, 0.25) is 0 Å². The summed E-state index contributed by atoms with van der Waals surface area (Å²) in [6.45, 7) is 4.73. The monoisotopic (exact) mass is 692 g/mol. The highest BCUT2D eigenvalue weighted by Crippen LogP contribution is 2.53. The van der Waals surface area contributed by atoms with E-state index in [1.54, 1.807) is 0 Å². The van der Waals surface area contributed by atoms with Crippen molar-refractivity contribution in [2.24, 2.45) is 0 Å². The standard InChI is InChI=1S/C51H36N2O/c1-51(2)43-29-48-40(36-18-10-12-20-46(36)53(48)34-15-7-4-8-16-34)27-37(43)38-28-42-41-26-32(22-24-49(41)54-50(42)30-44(38)51)31-21-23-47-39(25-31)35-17-9-11-19-45(35)52(47)33-13-5-3-6-14-33/h3-24,26-31H,25H2,1-2H3. The predicted octanol–water partition coefficient (Wildman–Crippen LogP) is 13.3. The van der Waals surface area contributed by atoms with Gasteiger partial charge >= 0.3 is 0 Å². The number of benzene rings is 7. The number of furan rings is 1. The quantitative estimate of drug-likeness (QED) is 0.181. The summed E-state index contributed by atoms with van der Waals surface area (Å²) in [6, 6.07) is 55.6. The number of hydrogen-bond acceptors (Lipinski definition) is 1. The molecule has 0 radical (unpaired) electrons. The molecule has 0 aliphatic heterocycles. The average Bonchev–Trinajstić information content (AvgIpc) is 3.91. The van der Waals surface area contributed by atoms with Gasteiger partial charge in [-0.1, -0.05) is 98.8 Å². The van der Waals surface area contributed by atoms with Gasteiger partial charge in [-0.05, 0) is 119 Å². The van der Waals surface area contributed by atoms with Crippen molar-refractivity contribution in [3.63, 3.8) is 0 Å². The highest BCUT2D eigenvalue weighted by Gasteiger charge is 2.37. The SMILES string of the molecule is CC1(C)c2cc3oc4ccc(C5C=Cc6c(c7ccccc7n6-c6ccccc6)C5)cc4c3cc2-c2cc3c4ccccc4n(-c4ccccc4)c3cc21. The second kappa shape index (κ2) is 10.7. The summed E-state index contributed by atoms with van der Waals surface area (Å²) in [7, 11) is 0. The molecule has 1 atom stereocenters. The van der Waals surface area contributed by atoms with Crippen LogP contribution in [0.3, 0.4) is 0 Å². The van der Waals surface area contributed by atoms with Gasteiger partial charge in [0.2, 0.25) is 0 Å². The molecule has 256 valence electrons. The summed E-state index contributed by atoms with van der Waals surface area (Å²) in [5.74, 6) is 0.270. The van der Waals surface area contributed by atoms with Crippen LogP contribution in [-0.4, -0.2) is 9.13 Å². The fraction of sp³-hybridized carbons (Fsp3) is 0.0980. The summed E-state index contributed by atoms with van der Waals surface area (Å²) < 4.78 is 11.5. The number of allylic oxidation sites excluding steroid dienone is 1. The number of fused-ring (bicyclic) bond motifs is 12. The average molecular weight is 693 g/mol. The van der Waals surface area contributed by atoms with Gasteiger partial charge in [0.25, 0.3) is 0 Å². The van der Waals surface area contributed by atoms with Crippen LogP contribution in [-0.2, 0) is 11.8 Å². The van der Waals surface area contributed by atoms with E-state index >= 15 is 0 Å². The Morgan fingerprint density at radius 2 is 1.13 bits per heavy atom. The maximum Gasteiger partial charge on any atom is 0.135 e. The van der Waals surface area contributed by atoms with Crippen molar-refractivity contribution in [2.75, 3.05) is 0 Å². The Bertz CT molecular complexity index is 3210. The molecular formula is C51H36N2O. The highest BCUT2D eigenvalue weighted by molar-refractivity contribution is 6.13. The van der Waals surface area contributed by atoms with E-state index in [1.807, 2.05) is 0 Å². The fourth-order valence-electron chi connectivity index (χ4n) is 9.86. The summed E-state index contributed by atoms with van der Waals surface area (Å²) in [5, 5.41) is 6.26. The molecular weight excluding hydrogens is 657 g/mol. The number of aromatic nitrogens is 2. The Morgan fingerprint density at radius 3 is 1.89 bits per heavy atom. The lowest BCUT2D eigenvalue weighted by Crippen LogP contribution is -2.15. The Morgan fingerprint density at radius 1 is 0.519 bits per heavy atom. The van der Waals surface area contributed by atoms with E-state index in [-0.39, 0.29) is 11.3 Å². The van der Waals surface area contributed by atoms with Gasteiger partial charge in [0, 0.05) is 55.3 Å². The maximum atomic E-state index is 6.65. The van der Waals surface area contributed by atoms with Crippen LogP contribution in [0.5, 0.6) is 0 Å². The van der Waals surface area contributed by atoms with Crippen LogP contribution < -0.4 is 0 Å². The van der Waals surface area contributed by atoms with E-state index in [4.69, 9.17) is 4.42 Å². The fourth-order valence-corrected chi connectivity index (χ4v) is 9.86. The van der Waals surface area contributed by atoms with Gasteiger partial charge in [-0.2, -0.15) is 0 Å². The Balaban J connectivity index is 1.00. The van der Waals surface area contributed by atoms with Gasteiger partial charge in [-0.3, -0.25) is 0 Å². The van der Waals surface area contributed by atoms with Crippen molar-refractivity contribution >= 4 is 60.7 Å². The van der Waals surface area contributed by atoms with Gasteiger partial charge in [-0.25, -0.2) is 0 Å². The minimum absolute atomic E-state index is 0.182. The molecule has 2 aliphatic rings. The first kappa shape index (κ1) is 29.9. The molecule has 0 saturated carbocycles. The van der Waals surface area contributed by atoms with E-state index in [0.29, 0.717) is 0 Å². The molecule has 0 amide bonds. The van der Waals surface area contributed by atoms with E-state index in [9.17, 15) is 0 Å². The maximum absolute atomic E-state index is 6.65. The van der Waals surface area contributed by atoms with Crippen LogP contribution in [0.1, 0.15) is 47.7 Å². The lowest BCUT2D eigenvalue weighted by molar-refractivity contribution is 0.647. The normalized spacial score (nSPS) is 15.8. The summed E-state index contributed by atoms with van der Waals surface area (Å²) in [4.78, 5) is 0. The molecule has 0 spiro atoms. The van der Waals surface area contributed by atoms with Crippen molar-refractivity contribution in [2.45, 2.75) is 31.6 Å². The lowest BCUT2D eigenvalue weighted by atomic mass is 9.82. The lowest BCUT2D eigenvalue weighted by Gasteiger charge is -2.21. The molecule has 3 heterocycles. The van der Waals surface area contributed by atoms with Gasteiger partial charge in [0.15, 0.2) is 0 Å². The Kier molecular flexibility index (Phi) is 5.96. The second-order valence-electron chi connectivity index (χ2n) is 15.7. The first-order valence-electron chi connectivity index (χ1n) is 19.0. The van der Waals surface area contributed by atoms with Gasteiger partial charge < -0.3 is 13.6 Å². The molecule has 0 saturated heterocycles. The van der Waals surface area contributed by atoms with E-state index in [1.165, 1.54) is 93.9 Å². The smallest absolute Gasteiger partial charge is 0.135 e. The topological polar surface area (TPSA) is 23.0 Å². The number of hydrogen-bond donors (Lipinski definition) is 0. The van der Waals surface area contributed by atoms with Gasteiger partial charge in [-0.15, -0.1) is 0 Å². The molecule has 7 aromatic carbocycles. The second-order valence-corrected chi connectivity index (χ2v) is 15.7. The van der Waals surface area contributed by atoms with Crippen LogP contribution in [0.4, 0.5) is 0 Å². The first-order valence-corrected chi connectivity index (χ1v) is 19.0. The first-order chi connectivity index (χ1) is 26.5. The van der Waals surface area contributed by atoms with Crippen LogP contribution in [0, 0.1) is 0 Å². The molecule has 54 heavy (non-hydrogen) atoms. The predicted molar refractivity (Wildman–Crippen MR) is 224 cm³/mol. The van der Waals surface area contributed by atoms with Gasteiger partial charge in [0.05, 0.1) is 16.6 Å². The molecule has 0 bridgehead atoms. The molecule has 12 rings (SSSR count). The summed E-state index contributed by atoms with van der Waals surface area (Å²) in [5.41, 5.74) is 17.2. The Hall–Kier alpha value is -6.58. The third-order valence-corrected chi connectivity index (χ3v) is 12.5. The molecule has 10 aromatic rings. The molecule has 0 N–H and O–H groups in total. The van der Waals surface area contributed by atoms with Crippen molar-refractivity contribution in [3.8, 4) is 22.5 Å². The zero-order chi connectivity index (χ0) is 35.7. The minimum atomic E-state index is -0.182. The largest absolute Gasteiger partial charge is 0.456 e. The van der Waals surface area contributed by atoms with Crippen LogP contribution >= 0.6 is 0 Å². The third-order valence-electron chi connectivity index (χ3n) is 12.5. The summed E-state index contributed by atoms with van der Waals surface area (Å²) >= 11 is 0. The molecule has 1 unspecified atom stereocenters. The van der Waals surface area contributed by atoms with Crippen LogP contribution in [0.15, 0.2) is 162 Å². The highest BCUT2D eigenvalue weighted by atomic mass is 16.3. The van der Waals surface area contributed by atoms with Crippen molar-refractivity contribution in [1.82, 2.24) is 9.13 Å². The number of nitrogens with zero attached hydrogens (tertiary/aromatic N) is 2. The van der Waals surface area contributed by atoms with Crippen molar-refractivity contribution in [1.29, 1.82) is 0 Å².